The van der Waals surface area contributed by atoms with E-state index in [1.54, 1.807) is 31.2 Å². The molecule has 0 aromatic heterocycles. The zero-order valence-electron chi connectivity index (χ0n) is 16.3. The summed E-state index contributed by atoms with van der Waals surface area (Å²) in [7, 11) is 0. The Labute approximate surface area is 187 Å². The van der Waals surface area contributed by atoms with Crippen LogP contribution in [0.4, 0.5) is 11.4 Å². The number of benzene rings is 2. The molecule has 0 radical (unpaired) electrons. The summed E-state index contributed by atoms with van der Waals surface area (Å²) >= 11 is 7.09. The Morgan fingerprint density at radius 2 is 2.13 bits per heavy atom. The number of nitriles is 1. The molecule has 0 aliphatic carbocycles. The number of carbonyl (C=O) groups excluding carboxylic acids is 2. The van der Waals surface area contributed by atoms with E-state index in [2.05, 4.69) is 16.7 Å². The third-order valence-electron chi connectivity index (χ3n) is 4.73. The van der Waals surface area contributed by atoms with Crippen LogP contribution in [0.5, 0.6) is 0 Å². The summed E-state index contributed by atoms with van der Waals surface area (Å²) in [5.41, 5.74) is 1.95. The number of nitro groups is 1. The molecule has 1 aliphatic heterocycles. The molecule has 1 unspecified atom stereocenters. The van der Waals surface area contributed by atoms with Crippen molar-refractivity contribution >= 4 is 46.6 Å². The Bertz CT molecular complexity index is 1140. The highest BCUT2D eigenvalue weighted by molar-refractivity contribution is 8.03. The summed E-state index contributed by atoms with van der Waals surface area (Å²) in [6, 6.07) is 13.1. The summed E-state index contributed by atoms with van der Waals surface area (Å²) < 4.78 is 0. The van der Waals surface area contributed by atoms with Crippen LogP contribution in [0.1, 0.15) is 23.5 Å². The number of hydrogen-bond donors (Lipinski definition) is 2. The van der Waals surface area contributed by atoms with E-state index in [4.69, 9.17) is 11.6 Å². The summed E-state index contributed by atoms with van der Waals surface area (Å²) in [6.07, 6.45) is -0.0119. The zero-order chi connectivity index (χ0) is 22.5. The third kappa shape index (κ3) is 5.23. The van der Waals surface area contributed by atoms with Crippen molar-refractivity contribution in [2.45, 2.75) is 19.3 Å². The van der Waals surface area contributed by atoms with Gasteiger partial charge in [0, 0.05) is 35.2 Å². The monoisotopic (exact) mass is 456 g/mol. The molecule has 3 rings (SSSR count). The van der Waals surface area contributed by atoms with Gasteiger partial charge in [-0.15, -0.1) is 0 Å². The van der Waals surface area contributed by atoms with E-state index >= 15 is 0 Å². The first-order valence-corrected chi connectivity index (χ1v) is 10.5. The second kappa shape index (κ2) is 9.64. The van der Waals surface area contributed by atoms with Crippen LogP contribution in [-0.2, 0) is 9.59 Å². The van der Waals surface area contributed by atoms with Crippen molar-refractivity contribution in [3.05, 3.63) is 79.3 Å². The van der Waals surface area contributed by atoms with Gasteiger partial charge in [-0.05, 0) is 30.2 Å². The van der Waals surface area contributed by atoms with Crippen LogP contribution < -0.4 is 10.6 Å². The number of anilines is 1. The molecule has 2 N–H and O–H groups in total. The van der Waals surface area contributed by atoms with Gasteiger partial charge in [-0.1, -0.05) is 41.6 Å². The highest BCUT2D eigenvalue weighted by Gasteiger charge is 2.30. The maximum Gasteiger partial charge on any atom is 0.269 e. The lowest BCUT2D eigenvalue weighted by molar-refractivity contribution is -0.384. The van der Waals surface area contributed by atoms with Gasteiger partial charge < -0.3 is 10.6 Å². The smallest absolute Gasteiger partial charge is 0.269 e. The number of carbonyl (C=O) groups is 2. The fourth-order valence-corrected chi connectivity index (χ4v) is 4.19. The van der Waals surface area contributed by atoms with E-state index in [1.807, 2.05) is 0 Å². The summed E-state index contributed by atoms with van der Waals surface area (Å²) in [4.78, 5) is 35.2. The van der Waals surface area contributed by atoms with Crippen LogP contribution in [0.15, 0.2) is 53.1 Å². The number of allylic oxidation sites excluding steroid dienone is 1. The number of nitrogens with zero attached hydrogens (tertiary/aromatic N) is 2. The molecular formula is C21H17ClN4O4S. The first-order valence-electron chi connectivity index (χ1n) is 9.16. The van der Waals surface area contributed by atoms with Crippen molar-refractivity contribution in [3.8, 4) is 6.07 Å². The van der Waals surface area contributed by atoms with E-state index in [0.717, 1.165) is 17.3 Å². The number of rotatable bonds is 6. The third-order valence-corrected chi connectivity index (χ3v) is 6.16. The number of thioether (sulfide) groups is 1. The average Bonchev–Trinajstić information content (AvgIpc) is 2.75. The molecule has 1 aliphatic rings. The first kappa shape index (κ1) is 22.3. The van der Waals surface area contributed by atoms with Crippen LogP contribution in [0.2, 0.25) is 5.02 Å². The number of non-ortho nitro benzene ring substituents is 1. The largest absolute Gasteiger partial charge is 0.325 e. The first-order chi connectivity index (χ1) is 14.8. The van der Waals surface area contributed by atoms with Crippen molar-refractivity contribution in [3.63, 3.8) is 0 Å². The number of halogens is 1. The Morgan fingerprint density at radius 1 is 1.39 bits per heavy atom. The van der Waals surface area contributed by atoms with Crippen LogP contribution in [0.3, 0.4) is 0 Å². The predicted octanol–water partition coefficient (Wildman–Crippen LogP) is 4.27. The Hall–Kier alpha value is -3.35. The zero-order valence-corrected chi connectivity index (χ0v) is 17.9. The van der Waals surface area contributed by atoms with Crippen molar-refractivity contribution in [2.75, 3.05) is 11.1 Å². The molecule has 0 fully saturated rings. The van der Waals surface area contributed by atoms with Gasteiger partial charge in [-0.2, -0.15) is 5.26 Å². The molecule has 10 heteroatoms. The van der Waals surface area contributed by atoms with Gasteiger partial charge in [0.1, 0.15) is 0 Å². The van der Waals surface area contributed by atoms with Crippen molar-refractivity contribution in [1.82, 2.24) is 5.32 Å². The van der Waals surface area contributed by atoms with Gasteiger partial charge >= 0.3 is 0 Å². The molecule has 31 heavy (non-hydrogen) atoms. The molecule has 2 aromatic rings. The van der Waals surface area contributed by atoms with Crippen molar-refractivity contribution < 1.29 is 14.5 Å². The molecule has 2 amide bonds. The Morgan fingerprint density at radius 3 is 2.84 bits per heavy atom. The van der Waals surface area contributed by atoms with Crippen LogP contribution in [-0.4, -0.2) is 22.5 Å². The minimum Gasteiger partial charge on any atom is -0.325 e. The van der Waals surface area contributed by atoms with Gasteiger partial charge in [0.05, 0.1) is 27.3 Å². The van der Waals surface area contributed by atoms with Gasteiger partial charge in [-0.3, -0.25) is 19.7 Å². The minimum atomic E-state index is -0.626. The van der Waals surface area contributed by atoms with Crippen LogP contribution >= 0.6 is 23.4 Å². The molecule has 0 saturated carbocycles. The fourth-order valence-electron chi connectivity index (χ4n) is 3.14. The van der Waals surface area contributed by atoms with E-state index in [1.165, 1.54) is 18.2 Å². The van der Waals surface area contributed by atoms with Crippen molar-refractivity contribution in [1.29, 1.82) is 5.26 Å². The van der Waals surface area contributed by atoms with E-state index in [9.17, 15) is 25.0 Å². The SMILES string of the molecule is Cc1c(Cl)cccc1NC(=O)CSC1=C(C#N)C(c2cccc([N+](=O)[O-])c2)CC(=O)N1. The van der Waals surface area contributed by atoms with Gasteiger partial charge in [0.15, 0.2) is 0 Å². The topological polar surface area (TPSA) is 125 Å². The quantitative estimate of drug-likeness (QED) is 0.494. The normalized spacial score (nSPS) is 15.8. The van der Waals surface area contributed by atoms with Crippen LogP contribution in [0, 0.1) is 28.4 Å². The van der Waals surface area contributed by atoms with E-state index < -0.39 is 10.8 Å². The summed E-state index contributed by atoms with van der Waals surface area (Å²) in [6.45, 7) is 1.78. The van der Waals surface area contributed by atoms with E-state index in [-0.39, 0.29) is 40.3 Å². The highest BCUT2D eigenvalue weighted by Crippen LogP contribution is 2.37. The van der Waals surface area contributed by atoms with E-state index in [0.29, 0.717) is 16.3 Å². The number of amides is 2. The average molecular weight is 457 g/mol. The molecule has 8 nitrogen and oxygen atoms in total. The molecule has 1 atom stereocenters. The minimum absolute atomic E-state index is 0.0119. The molecule has 2 aromatic carbocycles. The van der Waals surface area contributed by atoms with Gasteiger partial charge in [-0.25, -0.2) is 0 Å². The summed E-state index contributed by atoms with van der Waals surface area (Å²) in [5.74, 6) is -1.33. The second-order valence-electron chi connectivity index (χ2n) is 6.76. The second-order valence-corrected chi connectivity index (χ2v) is 8.15. The van der Waals surface area contributed by atoms with Crippen molar-refractivity contribution in [2.24, 2.45) is 0 Å². The van der Waals surface area contributed by atoms with Crippen LogP contribution in [0.25, 0.3) is 0 Å². The van der Waals surface area contributed by atoms with Gasteiger partial charge in [0.25, 0.3) is 5.69 Å². The lowest BCUT2D eigenvalue weighted by Gasteiger charge is -2.25. The maximum absolute atomic E-state index is 12.4. The molecule has 0 bridgehead atoms. The Balaban J connectivity index is 1.80. The predicted molar refractivity (Wildman–Crippen MR) is 119 cm³/mol. The standard InChI is InChI=1S/C21H17ClN4O4S/c1-12-17(22)6-3-7-18(12)24-20(28)11-31-21-16(10-23)15(9-19(27)25-21)13-4-2-5-14(8-13)26(29)30/h2-8,15H,9,11H2,1H3,(H,24,28)(H,25,27). The highest BCUT2D eigenvalue weighted by atomic mass is 35.5. The van der Waals surface area contributed by atoms with Gasteiger partial charge in [0.2, 0.25) is 11.8 Å². The number of hydrogen-bond acceptors (Lipinski definition) is 6. The molecular weight excluding hydrogens is 440 g/mol. The maximum atomic E-state index is 12.4. The molecule has 1 heterocycles. The fraction of sp³-hybridized carbons (Fsp3) is 0.190. The molecule has 0 saturated heterocycles. The molecule has 0 spiro atoms. The number of nitro benzene ring substituents is 1. The summed E-state index contributed by atoms with van der Waals surface area (Å²) in [5, 5.41) is 27.0. The Kier molecular flexibility index (Phi) is 6.95. The number of nitrogens with one attached hydrogen (secondary N) is 2. The molecule has 158 valence electrons. The lowest BCUT2D eigenvalue weighted by atomic mass is 9.87. The lowest BCUT2D eigenvalue weighted by Crippen LogP contribution is -2.31.